The van der Waals surface area contributed by atoms with E-state index in [2.05, 4.69) is 0 Å². The molecule has 0 aromatic rings. The van der Waals surface area contributed by atoms with E-state index in [0.717, 1.165) is 12.8 Å². The zero-order chi connectivity index (χ0) is 9.42. The van der Waals surface area contributed by atoms with Crippen LogP contribution < -0.4 is 0 Å². The van der Waals surface area contributed by atoms with Gasteiger partial charge in [-0.1, -0.05) is 0 Å². The average Bonchev–Trinajstić information content (AvgIpc) is 2.87. The minimum atomic E-state index is -0.775. The molecule has 2 aliphatic rings. The van der Waals surface area contributed by atoms with Crippen LogP contribution in [0.5, 0.6) is 0 Å². The molecule has 0 aromatic heterocycles. The van der Waals surface area contributed by atoms with Crippen LogP contribution in [0.4, 0.5) is 0 Å². The number of aliphatic carboxylic acids is 1. The van der Waals surface area contributed by atoms with Crippen LogP contribution in [-0.2, 0) is 14.3 Å². The molecule has 0 radical (unpaired) electrons. The van der Waals surface area contributed by atoms with E-state index in [4.69, 9.17) is 14.6 Å². The summed E-state index contributed by atoms with van der Waals surface area (Å²) >= 11 is 0. The molecule has 4 nitrogen and oxygen atoms in total. The van der Waals surface area contributed by atoms with Gasteiger partial charge in [0, 0.05) is 0 Å². The summed E-state index contributed by atoms with van der Waals surface area (Å²) in [5.41, 5.74) is 0. The molecule has 2 aliphatic heterocycles. The maximum Gasteiger partial charge on any atom is 0.306 e. The molecule has 0 aromatic carbocycles. The minimum absolute atomic E-state index is 0.0356. The lowest BCUT2D eigenvalue weighted by Crippen LogP contribution is -2.04. The summed E-state index contributed by atoms with van der Waals surface area (Å²) < 4.78 is 10.4. The summed E-state index contributed by atoms with van der Waals surface area (Å²) in [7, 11) is 0. The third-order valence-corrected chi connectivity index (χ3v) is 2.64. The topological polar surface area (TPSA) is 62.4 Å². The lowest BCUT2D eigenvalue weighted by Gasteiger charge is -1.90. The quantitative estimate of drug-likeness (QED) is 0.645. The van der Waals surface area contributed by atoms with E-state index in [1.807, 2.05) is 6.92 Å². The Kier molecular flexibility index (Phi) is 2.26. The molecule has 1 N–H and O–H groups in total. The molecule has 0 amide bonds. The molecule has 13 heavy (non-hydrogen) atoms. The van der Waals surface area contributed by atoms with Crippen LogP contribution in [0.2, 0.25) is 0 Å². The van der Waals surface area contributed by atoms with Gasteiger partial charge in [-0.2, -0.15) is 0 Å². The van der Waals surface area contributed by atoms with Gasteiger partial charge in [0.15, 0.2) is 0 Å². The highest BCUT2D eigenvalue weighted by atomic mass is 16.6. The van der Waals surface area contributed by atoms with Gasteiger partial charge in [0.2, 0.25) is 0 Å². The fraction of sp³-hybridized carbons (Fsp3) is 0.889. The molecule has 2 fully saturated rings. The molecule has 74 valence electrons. The molecular formula is C9H14O4. The van der Waals surface area contributed by atoms with Gasteiger partial charge >= 0.3 is 5.97 Å². The van der Waals surface area contributed by atoms with Crippen LogP contribution in [-0.4, -0.2) is 35.5 Å². The molecule has 2 heterocycles. The van der Waals surface area contributed by atoms with Gasteiger partial charge in [-0.15, -0.1) is 0 Å². The van der Waals surface area contributed by atoms with Gasteiger partial charge in [0.25, 0.3) is 0 Å². The lowest BCUT2D eigenvalue weighted by atomic mass is 10.1. The summed E-state index contributed by atoms with van der Waals surface area (Å²) in [6, 6.07) is 0. The van der Waals surface area contributed by atoms with Crippen molar-refractivity contribution in [2.75, 3.05) is 0 Å². The average molecular weight is 186 g/mol. The van der Waals surface area contributed by atoms with Crippen molar-refractivity contribution >= 4 is 5.97 Å². The molecule has 4 heteroatoms. The molecule has 4 unspecified atom stereocenters. The van der Waals surface area contributed by atoms with E-state index in [-0.39, 0.29) is 18.6 Å². The summed E-state index contributed by atoms with van der Waals surface area (Å²) in [6.07, 6.45) is 3.02. The smallest absolute Gasteiger partial charge is 0.306 e. The third-order valence-electron chi connectivity index (χ3n) is 2.64. The number of hydrogen-bond donors (Lipinski definition) is 1. The maximum atomic E-state index is 10.3. The predicted octanol–water partition coefficient (Wildman–Crippen LogP) is 0.796. The third kappa shape index (κ3) is 2.42. The SMILES string of the molecule is CC1OC1CCC1OC1CC(=O)O. The second-order valence-electron chi connectivity index (χ2n) is 3.77. The summed E-state index contributed by atoms with van der Waals surface area (Å²) in [5.74, 6) is -0.775. The summed E-state index contributed by atoms with van der Waals surface area (Å²) in [5, 5.41) is 8.47. The van der Waals surface area contributed by atoms with Crippen LogP contribution in [0.1, 0.15) is 26.2 Å². The van der Waals surface area contributed by atoms with Gasteiger partial charge in [0.05, 0.1) is 30.8 Å². The van der Waals surface area contributed by atoms with E-state index in [0.29, 0.717) is 12.2 Å². The molecule has 0 aliphatic carbocycles. The number of carbonyl (C=O) groups is 1. The number of carboxylic acids is 1. The molecule has 4 atom stereocenters. The Bertz CT molecular complexity index is 216. The van der Waals surface area contributed by atoms with Crippen molar-refractivity contribution in [2.24, 2.45) is 0 Å². The van der Waals surface area contributed by atoms with Crippen LogP contribution in [0.25, 0.3) is 0 Å². The van der Waals surface area contributed by atoms with Crippen LogP contribution in [0.15, 0.2) is 0 Å². The van der Waals surface area contributed by atoms with Gasteiger partial charge in [-0.3, -0.25) is 4.79 Å². The maximum absolute atomic E-state index is 10.3. The van der Waals surface area contributed by atoms with Crippen LogP contribution >= 0.6 is 0 Å². The van der Waals surface area contributed by atoms with Crippen molar-refractivity contribution in [3.05, 3.63) is 0 Å². The highest BCUT2D eigenvalue weighted by molar-refractivity contribution is 5.67. The predicted molar refractivity (Wildman–Crippen MR) is 44.5 cm³/mol. The Morgan fingerprint density at radius 2 is 1.85 bits per heavy atom. The van der Waals surface area contributed by atoms with Gasteiger partial charge in [-0.05, 0) is 19.8 Å². The van der Waals surface area contributed by atoms with E-state index in [1.54, 1.807) is 0 Å². The first-order valence-corrected chi connectivity index (χ1v) is 4.69. The molecule has 0 saturated carbocycles. The fourth-order valence-corrected chi connectivity index (χ4v) is 1.65. The minimum Gasteiger partial charge on any atom is -0.481 e. The fourth-order valence-electron chi connectivity index (χ4n) is 1.65. The van der Waals surface area contributed by atoms with Gasteiger partial charge in [0.1, 0.15) is 0 Å². The molecule has 0 bridgehead atoms. The Morgan fingerprint density at radius 3 is 2.38 bits per heavy atom. The molecule has 0 spiro atoms. The summed E-state index contributed by atoms with van der Waals surface area (Å²) in [6.45, 7) is 2.05. The van der Waals surface area contributed by atoms with Crippen molar-refractivity contribution in [1.82, 2.24) is 0 Å². The first kappa shape index (κ1) is 8.97. The van der Waals surface area contributed by atoms with Crippen molar-refractivity contribution in [3.8, 4) is 0 Å². The monoisotopic (exact) mass is 186 g/mol. The number of rotatable bonds is 5. The molecular weight excluding hydrogens is 172 g/mol. The number of ether oxygens (including phenoxy) is 2. The van der Waals surface area contributed by atoms with E-state index >= 15 is 0 Å². The van der Waals surface area contributed by atoms with Crippen LogP contribution in [0, 0.1) is 0 Å². The number of hydrogen-bond acceptors (Lipinski definition) is 3. The summed E-state index contributed by atoms with van der Waals surface area (Å²) in [4.78, 5) is 10.3. The first-order valence-electron chi connectivity index (χ1n) is 4.69. The zero-order valence-corrected chi connectivity index (χ0v) is 7.60. The first-order chi connectivity index (χ1) is 6.16. The number of epoxide rings is 2. The zero-order valence-electron chi connectivity index (χ0n) is 7.60. The molecule has 2 rings (SSSR count). The lowest BCUT2D eigenvalue weighted by molar-refractivity contribution is -0.137. The van der Waals surface area contributed by atoms with E-state index in [1.165, 1.54) is 0 Å². The van der Waals surface area contributed by atoms with Crippen molar-refractivity contribution in [1.29, 1.82) is 0 Å². The second kappa shape index (κ2) is 3.27. The van der Waals surface area contributed by atoms with E-state index in [9.17, 15) is 4.79 Å². The second-order valence-corrected chi connectivity index (χ2v) is 3.77. The normalized spacial score (nSPS) is 41.6. The Balaban J connectivity index is 1.56. The van der Waals surface area contributed by atoms with Crippen molar-refractivity contribution in [2.45, 2.75) is 50.6 Å². The van der Waals surface area contributed by atoms with Crippen molar-refractivity contribution < 1.29 is 19.4 Å². The Morgan fingerprint density at radius 1 is 1.23 bits per heavy atom. The highest BCUT2D eigenvalue weighted by Crippen LogP contribution is 2.33. The van der Waals surface area contributed by atoms with Gasteiger partial charge in [-0.25, -0.2) is 0 Å². The standard InChI is InChI=1S/C9H14O4/c1-5-6(12-5)2-3-7-8(13-7)4-9(10)11/h5-8H,2-4H2,1H3,(H,10,11). The number of carboxylic acid groups (broad SMARTS) is 1. The Labute approximate surface area is 76.8 Å². The van der Waals surface area contributed by atoms with Crippen LogP contribution in [0.3, 0.4) is 0 Å². The molecule has 2 saturated heterocycles. The van der Waals surface area contributed by atoms with Gasteiger partial charge < -0.3 is 14.6 Å². The largest absolute Gasteiger partial charge is 0.481 e. The highest BCUT2D eigenvalue weighted by Gasteiger charge is 2.42. The Hall–Kier alpha value is -0.610. The van der Waals surface area contributed by atoms with E-state index < -0.39 is 5.97 Å². The van der Waals surface area contributed by atoms with Crippen molar-refractivity contribution in [3.63, 3.8) is 0 Å².